The molecule has 27 heavy (non-hydrogen) atoms. The van der Waals surface area contributed by atoms with Crippen molar-refractivity contribution < 1.29 is 0 Å². The van der Waals surface area contributed by atoms with Gasteiger partial charge in [0.05, 0.1) is 0 Å². The summed E-state index contributed by atoms with van der Waals surface area (Å²) in [5.41, 5.74) is 0.255. The number of fused-ring (bicyclic) bond motifs is 1. The third-order valence-corrected chi connectivity index (χ3v) is 6.00. The molecule has 2 aromatic heterocycles. The second-order valence-corrected chi connectivity index (χ2v) is 8.28. The monoisotopic (exact) mass is 394 g/mol. The van der Waals surface area contributed by atoms with Crippen molar-refractivity contribution in [3.05, 3.63) is 20.8 Å². The molecule has 2 aromatic rings. The Morgan fingerprint density at radius 3 is 2.22 bits per heavy atom. The lowest BCUT2D eigenvalue weighted by Crippen LogP contribution is -2.29. The Kier molecular flexibility index (Phi) is 9.18. The van der Waals surface area contributed by atoms with Crippen LogP contribution in [0.4, 0.5) is 0 Å². The molecular formula is C20H34N4O2S. The Bertz CT molecular complexity index is 822. The Morgan fingerprint density at radius 1 is 0.926 bits per heavy atom. The number of nitrogens with one attached hydrogen (secondary N) is 1. The average Bonchev–Trinajstić information content (AvgIpc) is 3.02. The van der Waals surface area contributed by atoms with E-state index in [1.165, 1.54) is 49.5 Å². The smallest absolute Gasteiger partial charge is 0.313 e. The van der Waals surface area contributed by atoms with Gasteiger partial charge >= 0.3 is 5.69 Å². The fraction of sp³-hybridized carbons (Fsp3) is 0.750. The van der Waals surface area contributed by atoms with Gasteiger partial charge in [-0.1, -0.05) is 77.0 Å². The maximum Gasteiger partial charge on any atom is 0.329 e. The first-order valence-electron chi connectivity index (χ1n) is 10.4. The second-order valence-electron chi connectivity index (χ2n) is 7.21. The summed E-state index contributed by atoms with van der Waals surface area (Å²) in [5.74, 6) is 0.996. The molecule has 0 fully saturated rings. The van der Waals surface area contributed by atoms with Crippen LogP contribution in [-0.4, -0.2) is 24.9 Å². The lowest BCUT2D eigenvalue weighted by molar-refractivity contribution is 0.585. The highest BCUT2D eigenvalue weighted by atomic mass is 32.2. The number of nitrogens with zero attached hydrogens (tertiary/aromatic N) is 3. The van der Waals surface area contributed by atoms with Crippen molar-refractivity contribution in [2.45, 2.75) is 89.8 Å². The number of aromatic amines is 1. The summed E-state index contributed by atoms with van der Waals surface area (Å²) < 4.78 is 3.42. The first-order valence-corrected chi connectivity index (χ1v) is 11.4. The largest absolute Gasteiger partial charge is 0.329 e. The van der Waals surface area contributed by atoms with Gasteiger partial charge in [-0.05, 0) is 12.8 Å². The molecular weight excluding hydrogens is 360 g/mol. The SMILES string of the molecule is CCCCCCCCCCSc1nc2c(c(=O)[nH]c(=O)n2C)n1CCCC. The number of H-pyrrole nitrogens is 1. The fourth-order valence-electron chi connectivity index (χ4n) is 3.25. The molecule has 0 aliphatic rings. The summed E-state index contributed by atoms with van der Waals surface area (Å²) in [7, 11) is 1.66. The maximum absolute atomic E-state index is 12.3. The van der Waals surface area contributed by atoms with Gasteiger partial charge in [-0.25, -0.2) is 9.78 Å². The van der Waals surface area contributed by atoms with E-state index in [9.17, 15) is 9.59 Å². The molecule has 6 nitrogen and oxygen atoms in total. The zero-order valence-corrected chi connectivity index (χ0v) is 17.9. The Hall–Kier alpha value is -1.50. The van der Waals surface area contributed by atoms with Crippen molar-refractivity contribution in [1.29, 1.82) is 0 Å². The molecule has 0 bridgehead atoms. The molecule has 152 valence electrons. The molecule has 0 aliphatic carbocycles. The van der Waals surface area contributed by atoms with Gasteiger partial charge in [0.15, 0.2) is 16.3 Å². The molecule has 0 spiro atoms. The van der Waals surface area contributed by atoms with E-state index in [1.54, 1.807) is 18.8 Å². The molecule has 0 radical (unpaired) electrons. The van der Waals surface area contributed by atoms with E-state index < -0.39 is 5.69 Å². The zero-order valence-electron chi connectivity index (χ0n) is 17.1. The van der Waals surface area contributed by atoms with Gasteiger partial charge in [0, 0.05) is 19.3 Å². The first-order chi connectivity index (χ1) is 13.1. The van der Waals surface area contributed by atoms with Crippen molar-refractivity contribution in [3.63, 3.8) is 0 Å². The van der Waals surface area contributed by atoms with Crippen LogP contribution in [0, 0.1) is 0 Å². The van der Waals surface area contributed by atoms with Crippen LogP contribution in [-0.2, 0) is 13.6 Å². The predicted octanol–water partition coefficient (Wildman–Crippen LogP) is 4.46. The summed E-state index contributed by atoms with van der Waals surface area (Å²) in [4.78, 5) is 31.2. The molecule has 0 atom stereocenters. The normalized spacial score (nSPS) is 11.5. The van der Waals surface area contributed by atoms with E-state index in [2.05, 4.69) is 23.8 Å². The Labute approximate surface area is 165 Å². The van der Waals surface area contributed by atoms with Crippen molar-refractivity contribution in [2.24, 2.45) is 7.05 Å². The van der Waals surface area contributed by atoms with Crippen molar-refractivity contribution in [2.75, 3.05) is 5.75 Å². The van der Waals surface area contributed by atoms with E-state index in [0.717, 1.165) is 36.7 Å². The van der Waals surface area contributed by atoms with Crippen LogP contribution in [0.15, 0.2) is 14.7 Å². The van der Waals surface area contributed by atoms with Crippen LogP contribution in [0.25, 0.3) is 11.2 Å². The number of thioether (sulfide) groups is 1. The molecule has 0 saturated heterocycles. The zero-order chi connectivity index (χ0) is 19.6. The standard InChI is InChI=1S/C20H34N4O2S/c1-4-6-8-9-10-11-12-13-15-27-20-21-17-16(24(20)14-7-5-2)18(25)22-19(26)23(17)3/h4-15H2,1-3H3,(H,22,25,26). The van der Waals surface area contributed by atoms with Gasteiger partial charge < -0.3 is 4.57 Å². The van der Waals surface area contributed by atoms with Gasteiger partial charge in [-0.2, -0.15) is 0 Å². The van der Waals surface area contributed by atoms with Gasteiger partial charge in [-0.3, -0.25) is 14.3 Å². The molecule has 0 aromatic carbocycles. The lowest BCUT2D eigenvalue weighted by Gasteiger charge is -2.07. The summed E-state index contributed by atoms with van der Waals surface area (Å²) >= 11 is 1.70. The minimum absolute atomic E-state index is 0.337. The third kappa shape index (κ3) is 5.99. The van der Waals surface area contributed by atoms with Crippen molar-refractivity contribution in [3.8, 4) is 0 Å². The molecule has 2 heterocycles. The third-order valence-electron chi connectivity index (χ3n) is 4.94. The summed E-state index contributed by atoms with van der Waals surface area (Å²) in [6.07, 6.45) is 12.4. The number of unbranched alkanes of at least 4 members (excludes halogenated alkanes) is 8. The number of hydrogen-bond acceptors (Lipinski definition) is 4. The Balaban J connectivity index is 1.98. The van der Waals surface area contributed by atoms with Crippen molar-refractivity contribution >= 4 is 22.9 Å². The quantitative estimate of drug-likeness (QED) is 0.402. The highest BCUT2D eigenvalue weighted by Crippen LogP contribution is 2.23. The highest BCUT2D eigenvalue weighted by molar-refractivity contribution is 7.99. The number of aromatic nitrogens is 4. The number of imidazole rings is 1. The van der Waals surface area contributed by atoms with E-state index in [1.807, 2.05) is 4.57 Å². The average molecular weight is 395 g/mol. The van der Waals surface area contributed by atoms with Gasteiger partial charge in [0.2, 0.25) is 0 Å². The maximum atomic E-state index is 12.3. The summed E-state index contributed by atoms with van der Waals surface area (Å²) in [6.45, 7) is 5.14. The van der Waals surface area contributed by atoms with Crippen LogP contribution in [0.1, 0.15) is 78.1 Å². The molecule has 7 heteroatoms. The van der Waals surface area contributed by atoms with Crippen LogP contribution >= 0.6 is 11.8 Å². The number of hydrogen-bond donors (Lipinski definition) is 1. The lowest BCUT2D eigenvalue weighted by atomic mass is 10.1. The topological polar surface area (TPSA) is 72.7 Å². The molecule has 0 amide bonds. The molecule has 0 aliphatic heterocycles. The number of aryl methyl sites for hydroxylation is 2. The van der Waals surface area contributed by atoms with Gasteiger partial charge in [0.25, 0.3) is 5.56 Å². The highest BCUT2D eigenvalue weighted by Gasteiger charge is 2.17. The van der Waals surface area contributed by atoms with Gasteiger partial charge in [0.1, 0.15) is 0 Å². The molecule has 0 unspecified atom stereocenters. The van der Waals surface area contributed by atoms with Crippen LogP contribution in [0.2, 0.25) is 0 Å². The second kappa shape index (κ2) is 11.4. The summed E-state index contributed by atoms with van der Waals surface area (Å²) in [5, 5.41) is 0.855. The summed E-state index contributed by atoms with van der Waals surface area (Å²) in [6, 6.07) is 0. The number of rotatable bonds is 13. The van der Waals surface area contributed by atoms with E-state index in [0.29, 0.717) is 11.2 Å². The van der Waals surface area contributed by atoms with Crippen molar-refractivity contribution in [1.82, 2.24) is 19.1 Å². The van der Waals surface area contributed by atoms with Crippen LogP contribution in [0.3, 0.4) is 0 Å². The Morgan fingerprint density at radius 2 is 1.56 bits per heavy atom. The first kappa shape index (κ1) is 21.8. The van der Waals surface area contributed by atoms with Gasteiger partial charge in [-0.15, -0.1) is 0 Å². The predicted molar refractivity (Wildman–Crippen MR) is 114 cm³/mol. The minimum Gasteiger partial charge on any atom is -0.313 e. The fourth-order valence-corrected chi connectivity index (χ4v) is 4.27. The van der Waals surface area contributed by atoms with E-state index in [4.69, 9.17) is 0 Å². The molecule has 0 saturated carbocycles. The molecule has 1 N–H and O–H groups in total. The van der Waals surface area contributed by atoms with E-state index >= 15 is 0 Å². The van der Waals surface area contributed by atoms with E-state index in [-0.39, 0.29) is 5.56 Å². The van der Waals surface area contributed by atoms with Crippen LogP contribution in [0.5, 0.6) is 0 Å². The molecule has 2 rings (SSSR count). The van der Waals surface area contributed by atoms with Crippen LogP contribution < -0.4 is 11.2 Å². The minimum atomic E-state index is -0.410.